The summed E-state index contributed by atoms with van der Waals surface area (Å²) in [5.74, 6) is 0. The second-order valence-corrected chi connectivity index (χ2v) is 7.67. The number of likely N-dealkylation sites (N-methyl/N-ethyl adjacent to an activating group) is 1. The highest BCUT2D eigenvalue weighted by Crippen LogP contribution is 2.25. The summed E-state index contributed by atoms with van der Waals surface area (Å²) < 4.78 is 1.21. The third-order valence-corrected chi connectivity index (χ3v) is 5.51. The van der Waals surface area contributed by atoms with Gasteiger partial charge >= 0.3 is 0 Å². The first-order chi connectivity index (χ1) is 12.7. The van der Waals surface area contributed by atoms with Crippen LogP contribution in [0.3, 0.4) is 0 Å². The predicted molar refractivity (Wildman–Crippen MR) is 107 cm³/mol. The van der Waals surface area contributed by atoms with Crippen molar-refractivity contribution in [1.29, 1.82) is 0 Å². The van der Waals surface area contributed by atoms with E-state index in [1.54, 1.807) is 12.4 Å². The van der Waals surface area contributed by atoms with Crippen molar-refractivity contribution >= 4 is 27.0 Å². The highest BCUT2D eigenvalue weighted by molar-refractivity contribution is 9.11. The van der Waals surface area contributed by atoms with Gasteiger partial charge in [0.2, 0.25) is 0 Å². The average molecular weight is 415 g/mol. The first-order valence-corrected chi connectivity index (χ1v) is 9.69. The molecule has 0 spiro atoms. The van der Waals surface area contributed by atoms with Crippen molar-refractivity contribution in [3.63, 3.8) is 0 Å². The molecule has 1 fully saturated rings. The Bertz CT molecular complexity index is 854. The van der Waals surface area contributed by atoms with Gasteiger partial charge in [-0.3, -0.25) is 9.97 Å². The summed E-state index contributed by atoms with van der Waals surface area (Å²) in [5, 5.41) is 6.94. The number of nitrogens with one attached hydrogen (secondary N) is 2. The highest BCUT2D eigenvalue weighted by atomic mass is 79.9. The molecule has 26 heavy (non-hydrogen) atoms. The van der Waals surface area contributed by atoms with Gasteiger partial charge < -0.3 is 20.4 Å². The van der Waals surface area contributed by atoms with Crippen LogP contribution in [0.25, 0.3) is 11.0 Å². The van der Waals surface area contributed by atoms with E-state index in [1.807, 2.05) is 6.07 Å². The van der Waals surface area contributed by atoms with Gasteiger partial charge in [0.05, 0.1) is 22.4 Å². The van der Waals surface area contributed by atoms with E-state index in [4.69, 9.17) is 0 Å². The van der Waals surface area contributed by atoms with Crippen molar-refractivity contribution in [2.75, 3.05) is 39.8 Å². The number of halogens is 1. The van der Waals surface area contributed by atoms with Crippen LogP contribution >= 0.6 is 15.9 Å². The van der Waals surface area contributed by atoms with Crippen LogP contribution < -0.4 is 10.6 Å². The Kier molecular flexibility index (Phi) is 5.08. The lowest BCUT2D eigenvalue weighted by molar-refractivity contribution is 0.186. The van der Waals surface area contributed by atoms with Gasteiger partial charge in [-0.15, -0.1) is 0 Å². The van der Waals surface area contributed by atoms with Crippen molar-refractivity contribution in [2.24, 2.45) is 0 Å². The molecule has 4 rings (SSSR count). The molecule has 0 amide bonds. The third-order valence-electron chi connectivity index (χ3n) is 4.85. The van der Waals surface area contributed by atoms with Crippen LogP contribution in [-0.4, -0.2) is 59.5 Å². The Balaban J connectivity index is 1.49. The molecule has 0 bridgehead atoms. The minimum Gasteiger partial charge on any atom is -0.384 e. The number of piperazine rings is 1. The summed E-state index contributed by atoms with van der Waals surface area (Å²) in [6.07, 6.45) is 5.54. The van der Waals surface area contributed by atoms with Crippen molar-refractivity contribution in [1.82, 2.24) is 30.4 Å². The van der Waals surface area contributed by atoms with Gasteiger partial charge in [-0.05, 0) is 24.7 Å². The SMILES string of the molecule is CN1CCN(C2=C(Br)CNC=C2NCc2ccc3nccnc3c2)CC1. The van der Waals surface area contributed by atoms with Crippen LogP contribution in [0.4, 0.5) is 0 Å². The number of fused-ring (bicyclic) bond motifs is 1. The summed E-state index contributed by atoms with van der Waals surface area (Å²) in [7, 11) is 2.18. The molecule has 1 aromatic heterocycles. The van der Waals surface area contributed by atoms with Gasteiger partial charge in [0.1, 0.15) is 0 Å². The Labute approximate surface area is 162 Å². The number of benzene rings is 1. The molecule has 0 atom stereocenters. The molecule has 1 aromatic carbocycles. The van der Waals surface area contributed by atoms with Crippen LogP contribution in [0, 0.1) is 0 Å². The average Bonchev–Trinajstić information content (AvgIpc) is 2.67. The molecule has 6 nitrogen and oxygen atoms in total. The first-order valence-electron chi connectivity index (χ1n) is 8.90. The Hall–Kier alpha value is -2.12. The largest absolute Gasteiger partial charge is 0.384 e. The lowest BCUT2D eigenvalue weighted by Gasteiger charge is -2.38. The fraction of sp³-hybridized carbons (Fsp3) is 0.368. The van der Waals surface area contributed by atoms with Gasteiger partial charge in [-0.25, -0.2) is 0 Å². The summed E-state index contributed by atoms with van der Waals surface area (Å²) in [5.41, 5.74) is 5.46. The molecule has 0 radical (unpaired) electrons. The molecule has 0 unspecified atom stereocenters. The molecule has 2 aliphatic rings. The predicted octanol–water partition coefficient (Wildman–Crippen LogP) is 2.02. The third kappa shape index (κ3) is 3.68. The quantitative estimate of drug-likeness (QED) is 0.797. The summed E-state index contributed by atoms with van der Waals surface area (Å²) in [6.45, 7) is 5.86. The molecule has 136 valence electrons. The van der Waals surface area contributed by atoms with Crippen molar-refractivity contribution in [3.05, 3.63) is 58.2 Å². The number of dihydropyridines is 1. The Morgan fingerprint density at radius 3 is 2.69 bits per heavy atom. The van der Waals surface area contributed by atoms with Crippen LogP contribution in [-0.2, 0) is 6.54 Å². The minimum absolute atomic E-state index is 0.748. The Morgan fingerprint density at radius 2 is 1.88 bits per heavy atom. The lowest BCUT2D eigenvalue weighted by atomic mass is 10.1. The molecule has 2 aliphatic heterocycles. The van der Waals surface area contributed by atoms with E-state index in [0.29, 0.717) is 0 Å². The summed E-state index contributed by atoms with van der Waals surface area (Å²) >= 11 is 3.77. The maximum atomic E-state index is 4.40. The van der Waals surface area contributed by atoms with Crippen LogP contribution in [0.2, 0.25) is 0 Å². The zero-order valence-corrected chi connectivity index (χ0v) is 16.5. The number of rotatable bonds is 4. The standard InChI is InChI=1S/C19H23BrN6/c1-25-6-8-26(9-7-25)19-15(20)12-21-13-18(19)24-11-14-2-3-16-17(10-14)23-5-4-22-16/h2-5,10,13,21,24H,6-9,11-12H2,1H3. The molecular weight excluding hydrogens is 392 g/mol. The van der Waals surface area contributed by atoms with E-state index in [9.17, 15) is 0 Å². The van der Waals surface area contributed by atoms with Gasteiger partial charge in [0, 0.05) is 62.3 Å². The van der Waals surface area contributed by atoms with Crippen molar-refractivity contribution < 1.29 is 0 Å². The van der Waals surface area contributed by atoms with Crippen molar-refractivity contribution in [3.8, 4) is 0 Å². The molecule has 2 aromatic rings. The topological polar surface area (TPSA) is 56.3 Å². The number of aromatic nitrogens is 2. The highest BCUT2D eigenvalue weighted by Gasteiger charge is 2.23. The smallest absolute Gasteiger partial charge is 0.0890 e. The molecule has 0 aliphatic carbocycles. The van der Waals surface area contributed by atoms with Crippen molar-refractivity contribution in [2.45, 2.75) is 6.54 Å². The zero-order valence-electron chi connectivity index (χ0n) is 14.9. The van der Waals surface area contributed by atoms with Gasteiger partial charge in [0.25, 0.3) is 0 Å². The molecule has 3 heterocycles. The molecule has 0 saturated carbocycles. The van der Waals surface area contributed by atoms with E-state index in [0.717, 1.165) is 56.0 Å². The zero-order chi connectivity index (χ0) is 17.9. The second-order valence-electron chi connectivity index (χ2n) is 6.72. The van der Waals surface area contributed by atoms with E-state index in [2.05, 4.69) is 71.7 Å². The molecule has 7 heteroatoms. The maximum absolute atomic E-state index is 4.40. The molecule has 1 saturated heterocycles. The van der Waals surface area contributed by atoms with E-state index < -0.39 is 0 Å². The van der Waals surface area contributed by atoms with E-state index >= 15 is 0 Å². The second kappa shape index (κ2) is 7.63. The van der Waals surface area contributed by atoms with Crippen LogP contribution in [0.1, 0.15) is 5.56 Å². The van der Waals surface area contributed by atoms with E-state index in [1.165, 1.54) is 15.7 Å². The van der Waals surface area contributed by atoms with Gasteiger partial charge in [-0.1, -0.05) is 22.0 Å². The van der Waals surface area contributed by atoms with E-state index in [-0.39, 0.29) is 0 Å². The number of hydrogen-bond acceptors (Lipinski definition) is 6. The molecule has 2 N–H and O–H groups in total. The van der Waals surface area contributed by atoms with Gasteiger partial charge in [0.15, 0.2) is 0 Å². The monoisotopic (exact) mass is 414 g/mol. The minimum atomic E-state index is 0.748. The Morgan fingerprint density at radius 1 is 1.12 bits per heavy atom. The lowest BCUT2D eigenvalue weighted by Crippen LogP contribution is -2.46. The number of hydrogen-bond donors (Lipinski definition) is 2. The first kappa shape index (κ1) is 17.3. The van der Waals surface area contributed by atoms with Crippen LogP contribution in [0.15, 0.2) is 52.7 Å². The summed E-state index contributed by atoms with van der Waals surface area (Å²) in [4.78, 5) is 13.6. The molecular formula is C19H23BrN6. The van der Waals surface area contributed by atoms with Gasteiger partial charge in [-0.2, -0.15) is 0 Å². The maximum Gasteiger partial charge on any atom is 0.0890 e. The number of nitrogens with zero attached hydrogens (tertiary/aromatic N) is 4. The normalized spacial score (nSPS) is 18.7. The van der Waals surface area contributed by atoms with Crippen LogP contribution in [0.5, 0.6) is 0 Å². The fourth-order valence-corrected chi connectivity index (χ4v) is 3.99. The summed E-state index contributed by atoms with van der Waals surface area (Å²) in [6, 6.07) is 6.23. The fourth-order valence-electron chi connectivity index (χ4n) is 3.36.